The van der Waals surface area contributed by atoms with E-state index in [1.165, 1.54) is 12.3 Å². The van der Waals surface area contributed by atoms with Crippen LogP contribution in [0.1, 0.15) is 17.1 Å². The Morgan fingerprint density at radius 3 is 2.75 bits per heavy atom. The summed E-state index contributed by atoms with van der Waals surface area (Å²) >= 11 is 0. The van der Waals surface area contributed by atoms with Crippen molar-refractivity contribution in [3.8, 4) is 5.69 Å². The summed E-state index contributed by atoms with van der Waals surface area (Å²) in [6.07, 6.45) is 1.52. The molecule has 2 aromatic heterocycles. The van der Waals surface area contributed by atoms with Crippen molar-refractivity contribution >= 4 is 9.84 Å². The fraction of sp³-hybridized carbons (Fsp3) is 0.200. The van der Waals surface area contributed by atoms with Gasteiger partial charge in [-0.15, -0.1) is 5.10 Å². The minimum absolute atomic E-state index is 0.0513. The summed E-state index contributed by atoms with van der Waals surface area (Å²) in [7, 11) is -3.56. The first-order valence-electron chi connectivity index (χ1n) is 7.09. The number of nitrogens with zero attached hydrogens (tertiary/aromatic N) is 5. The van der Waals surface area contributed by atoms with E-state index in [2.05, 4.69) is 20.5 Å². The van der Waals surface area contributed by atoms with E-state index in [4.69, 9.17) is 0 Å². The van der Waals surface area contributed by atoms with Gasteiger partial charge in [0, 0.05) is 6.20 Å². The van der Waals surface area contributed by atoms with Gasteiger partial charge < -0.3 is 0 Å². The molecule has 0 spiro atoms. The first-order valence-corrected chi connectivity index (χ1v) is 8.91. The monoisotopic (exact) mass is 347 g/mol. The molecule has 0 aliphatic rings. The van der Waals surface area contributed by atoms with E-state index in [1.54, 1.807) is 37.3 Å². The second-order valence-electron chi connectivity index (χ2n) is 5.32. The molecule has 3 aromatic rings. The van der Waals surface area contributed by atoms with Crippen molar-refractivity contribution in [3.63, 3.8) is 0 Å². The average molecular weight is 347 g/mol. The van der Waals surface area contributed by atoms with Crippen molar-refractivity contribution in [2.24, 2.45) is 0 Å². The maximum absolute atomic E-state index is 14.0. The molecule has 24 heavy (non-hydrogen) atoms. The van der Waals surface area contributed by atoms with Gasteiger partial charge in [0.05, 0.1) is 11.4 Å². The molecule has 9 heteroatoms. The zero-order valence-corrected chi connectivity index (χ0v) is 13.6. The summed E-state index contributed by atoms with van der Waals surface area (Å²) in [5.41, 5.74) is 1.35. The molecule has 0 saturated carbocycles. The maximum atomic E-state index is 14.0. The number of tetrazole rings is 1. The molecule has 7 nitrogen and oxygen atoms in total. The number of hydrogen-bond donors (Lipinski definition) is 0. The standard InChI is InChI=1S/C15H14FN5O2S/c1-11-5-6-13(16)14(8-11)21-15(18-19-20-21)10-24(22,23)9-12-4-2-3-7-17-12/h2-8H,9-10H2,1H3. The van der Waals surface area contributed by atoms with E-state index in [-0.39, 0.29) is 17.3 Å². The Labute approximate surface area is 138 Å². The van der Waals surface area contributed by atoms with Crippen LogP contribution in [0.4, 0.5) is 4.39 Å². The summed E-state index contributed by atoms with van der Waals surface area (Å²) in [5, 5.41) is 10.9. The Hall–Kier alpha value is -2.68. The quantitative estimate of drug-likeness (QED) is 0.696. The Morgan fingerprint density at radius 1 is 1.17 bits per heavy atom. The van der Waals surface area contributed by atoms with Crippen LogP contribution in [0.2, 0.25) is 0 Å². The Bertz CT molecular complexity index is 957. The molecular formula is C15H14FN5O2S. The van der Waals surface area contributed by atoms with Crippen LogP contribution in [0.3, 0.4) is 0 Å². The van der Waals surface area contributed by atoms with Crippen LogP contribution < -0.4 is 0 Å². The van der Waals surface area contributed by atoms with E-state index in [9.17, 15) is 12.8 Å². The maximum Gasteiger partial charge on any atom is 0.171 e. The molecular weight excluding hydrogens is 333 g/mol. The molecule has 0 amide bonds. The van der Waals surface area contributed by atoms with Crippen molar-refractivity contribution in [1.29, 1.82) is 0 Å². The SMILES string of the molecule is Cc1ccc(F)c(-n2nnnc2CS(=O)(=O)Cc2ccccn2)c1. The van der Waals surface area contributed by atoms with Gasteiger partial charge in [0.25, 0.3) is 0 Å². The number of aromatic nitrogens is 5. The van der Waals surface area contributed by atoms with Crippen molar-refractivity contribution in [2.75, 3.05) is 0 Å². The summed E-state index contributed by atoms with van der Waals surface area (Å²) in [4.78, 5) is 4.00. The van der Waals surface area contributed by atoms with Gasteiger partial charge in [-0.1, -0.05) is 12.1 Å². The summed E-state index contributed by atoms with van der Waals surface area (Å²) in [6.45, 7) is 1.80. The van der Waals surface area contributed by atoms with Crippen molar-refractivity contribution in [3.05, 3.63) is 65.5 Å². The second-order valence-corrected chi connectivity index (χ2v) is 7.38. The topological polar surface area (TPSA) is 90.6 Å². The van der Waals surface area contributed by atoms with Crippen LogP contribution in [-0.4, -0.2) is 33.6 Å². The summed E-state index contributed by atoms with van der Waals surface area (Å²) in [5.74, 6) is -1.13. The molecule has 0 saturated heterocycles. The molecule has 0 N–H and O–H groups in total. The molecule has 2 heterocycles. The highest BCUT2D eigenvalue weighted by atomic mass is 32.2. The van der Waals surface area contributed by atoms with E-state index in [0.717, 1.165) is 10.2 Å². The van der Waals surface area contributed by atoms with Crippen LogP contribution in [0.15, 0.2) is 42.6 Å². The zero-order valence-electron chi connectivity index (χ0n) is 12.8. The number of rotatable bonds is 5. The minimum Gasteiger partial charge on any atom is -0.260 e. The normalized spacial score (nSPS) is 11.6. The number of pyridine rings is 1. The zero-order chi connectivity index (χ0) is 17.2. The van der Waals surface area contributed by atoms with Crippen LogP contribution in [-0.2, 0) is 21.3 Å². The van der Waals surface area contributed by atoms with Crippen molar-refractivity contribution < 1.29 is 12.8 Å². The number of hydrogen-bond acceptors (Lipinski definition) is 6. The summed E-state index contributed by atoms with van der Waals surface area (Å²) < 4.78 is 39.8. The van der Waals surface area contributed by atoms with Crippen LogP contribution in [0.5, 0.6) is 0 Å². The third-order valence-corrected chi connectivity index (χ3v) is 4.74. The highest BCUT2D eigenvalue weighted by Gasteiger charge is 2.21. The van der Waals surface area contributed by atoms with E-state index >= 15 is 0 Å². The van der Waals surface area contributed by atoms with E-state index < -0.39 is 21.4 Å². The van der Waals surface area contributed by atoms with Crippen LogP contribution in [0.25, 0.3) is 5.69 Å². The lowest BCUT2D eigenvalue weighted by atomic mass is 10.2. The largest absolute Gasteiger partial charge is 0.260 e. The molecule has 0 bridgehead atoms. The Kier molecular flexibility index (Phi) is 4.34. The Balaban J connectivity index is 1.89. The molecule has 0 atom stereocenters. The minimum atomic E-state index is -3.56. The number of halogens is 1. The van der Waals surface area contributed by atoms with Gasteiger partial charge >= 0.3 is 0 Å². The number of benzene rings is 1. The first kappa shape index (κ1) is 16.2. The Morgan fingerprint density at radius 2 is 2.00 bits per heavy atom. The van der Waals surface area contributed by atoms with Gasteiger partial charge in [-0.25, -0.2) is 12.8 Å². The number of sulfone groups is 1. The van der Waals surface area contributed by atoms with Crippen LogP contribution >= 0.6 is 0 Å². The predicted molar refractivity (Wildman–Crippen MR) is 84.4 cm³/mol. The lowest BCUT2D eigenvalue weighted by molar-refractivity contribution is 0.587. The molecule has 0 fully saturated rings. The molecule has 1 aromatic carbocycles. The first-order chi connectivity index (χ1) is 11.4. The lowest BCUT2D eigenvalue weighted by Gasteiger charge is -2.07. The number of aryl methyl sites for hydroxylation is 1. The highest BCUT2D eigenvalue weighted by molar-refractivity contribution is 7.89. The van der Waals surface area contributed by atoms with Crippen molar-refractivity contribution in [1.82, 2.24) is 25.2 Å². The lowest BCUT2D eigenvalue weighted by Crippen LogP contribution is -2.14. The van der Waals surface area contributed by atoms with Gasteiger partial charge in [0.1, 0.15) is 17.3 Å². The second kappa shape index (κ2) is 6.44. The summed E-state index contributed by atoms with van der Waals surface area (Å²) in [6, 6.07) is 9.50. The molecule has 0 radical (unpaired) electrons. The third kappa shape index (κ3) is 3.62. The fourth-order valence-corrected chi connectivity index (χ4v) is 3.52. The molecule has 0 aliphatic heterocycles. The van der Waals surface area contributed by atoms with Crippen molar-refractivity contribution in [2.45, 2.75) is 18.4 Å². The predicted octanol–water partition coefficient (Wildman–Crippen LogP) is 1.62. The fourth-order valence-electron chi connectivity index (χ4n) is 2.22. The average Bonchev–Trinajstić information content (AvgIpc) is 2.97. The molecule has 0 aliphatic carbocycles. The van der Waals surface area contributed by atoms with E-state index in [1.807, 2.05) is 0 Å². The van der Waals surface area contributed by atoms with Gasteiger partial charge in [-0.3, -0.25) is 4.98 Å². The smallest absolute Gasteiger partial charge is 0.171 e. The van der Waals surface area contributed by atoms with Gasteiger partial charge in [-0.2, -0.15) is 4.68 Å². The highest BCUT2D eigenvalue weighted by Crippen LogP contribution is 2.17. The molecule has 0 unspecified atom stereocenters. The third-order valence-electron chi connectivity index (χ3n) is 3.31. The van der Waals surface area contributed by atoms with Gasteiger partial charge in [0.15, 0.2) is 15.7 Å². The van der Waals surface area contributed by atoms with E-state index in [0.29, 0.717) is 5.69 Å². The molecule has 3 rings (SSSR count). The molecule has 124 valence electrons. The van der Waals surface area contributed by atoms with Gasteiger partial charge in [-0.05, 0) is 47.2 Å². The van der Waals surface area contributed by atoms with Crippen LogP contribution in [0, 0.1) is 12.7 Å². The van der Waals surface area contributed by atoms with Gasteiger partial charge in [0.2, 0.25) is 0 Å².